The van der Waals surface area contributed by atoms with Gasteiger partial charge in [-0.15, -0.1) is 0 Å². The van der Waals surface area contributed by atoms with Crippen molar-refractivity contribution in [1.29, 1.82) is 0 Å². The molecular weight excluding hydrogens is 286 g/mol. The van der Waals surface area contributed by atoms with Gasteiger partial charge in [0.1, 0.15) is 0 Å². The summed E-state index contributed by atoms with van der Waals surface area (Å²) in [6, 6.07) is 0.161. The van der Waals surface area contributed by atoms with E-state index in [0.717, 1.165) is 45.4 Å². The Morgan fingerprint density at radius 3 is 2.33 bits per heavy atom. The fraction of sp³-hybridized carbons (Fsp3) is 0.867. The lowest BCUT2D eigenvalue weighted by Crippen LogP contribution is -2.55. The summed E-state index contributed by atoms with van der Waals surface area (Å²) in [5.41, 5.74) is 5.61. The molecule has 2 N–H and O–H groups in total. The molecule has 0 radical (unpaired) electrons. The van der Waals surface area contributed by atoms with E-state index in [0.29, 0.717) is 11.4 Å². The average Bonchev–Trinajstić information content (AvgIpc) is 2.44. The first kappa shape index (κ1) is 16.6. The first-order chi connectivity index (χ1) is 10.0. The summed E-state index contributed by atoms with van der Waals surface area (Å²) in [6.07, 6.45) is 4.64. The van der Waals surface area contributed by atoms with Crippen molar-refractivity contribution in [2.45, 2.75) is 50.7 Å². The van der Waals surface area contributed by atoms with E-state index in [1.165, 1.54) is 6.42 Å². The van der Waals surface area contributed by atoms with Crippen LogP contribution in [0.3, 0.4) is 0 Å². The highest BCUT2D eigenvalue weighted by atomic mass is 32.1. The maximum atomic E-state index is 12.4. The molecule has 0 aromatic rings. The molecule has 21 heavy (non-hydrogen) atoms. The van der Waals surface area contributed by atoms with Gasteiger partial charge in [0.05, 0.1) is 23.1 Å². The Kier molecular flexibility index (Phi) is 5.57. The number of ether oxygens (including phenoxy) is 1. The van der Waals surface area contributed by atoms with Gasteiger partial charge in [0, 0.05) is 33.3 Å². The first-order valence-corrected chi connectivity index (χ1v) is 8.28. The second kappa shape index (κ2) is 7.03. The lowest BCUT2D eigenvalue weighted by atomic mass is 9.77. The molecule has 1 unspecified atom stereocenters. The predicted molar refractivity (Wildman–Crippen MR) is 87.2 cm³/mol. The molecule has 6 heteroatoms. The quantitative estimate of drug-likeness (QED) is 0.746. The van der Waals surface area contributed by atoms with Gasteiger partial charge in [-0.2, -0.15) is 0 Å². The Hall–Kier alpha value is -0.720. The van der Waals surface area contributed by atoms with Gasteiger partial charge in [-0.1, -0.05) is 19.1 Å². The zero-order valence-electron chi connectivity index (χ0n) is 13.1. The largest absolute Gasteiger partial charge is 0.392 e. The molecule has 5 nitrogen and oxygen atoms in total. The molecule has 2 fully saturated rings. The third-order valence-corrected chi connectivity index (χ3v) is 5.27. The molecule has 1 aliphatic heterocycles. The molecular formula is C15H27N3O2S. The molecule has 0 aromatic heterocycles. The predicted octanol–water partition coefficient (Wildman–Crippen LogP) is 1.15. The number of rotatable bonds is 6. The molecule has 0 spiro atoms. The number of amides is 1. The monoisotopic (exact) mass is 313 g/mol. The molecule has 1 saturated heterocycles. The highest BCUT2D eigenvalue weighted by Gasteiger charge is 2.40. The van der Waals surface area contributed by atoms with E-state index in [-0.39, 0.29) is 17.6 Å². The molecule has 0 bridgehead atoms. The number of nitrogens with zero attached hydrogens (tertiary/aromatic N) is 2. The van der Waals surface area contributed by atoms with Crippen LogP contribution in [0.5, 0.6) is 0 Å². The molecule has 2 rings (SSSR count). The Labute approximate surface area is 132 Å². The molecule has 2 aliphatic rings. The number of hydrogen-bond donors (Lipinski definition) is 1. The van der Waals surface area contributed by atoms with Crippen LogP contribution in [0.15, 0.2) is 0 Å². The van der Waals surface area contributed by atoms with Gasteiger partial charge < -0.3 is 15.4 Å². The normalized spacial score (nSPS) is 23.4. The third kappa shape index (κ3) is 3.73. The maximum absolute atomic E-state index is 12.4. The topological polar surface area (TPSA) is 58.8 Å². The summed E-state index contributed by atoms with van der Waals surface area (Å²) in [5, 5.41) is 0. The second-order valence-corrected chi connectivity index (χ2v) is 6.63. The first-order valence-electron chi connectivity index (χ1n) is 7.87. The molecule has 1 saturated carbocycles. The van der Waals surface area contributed by atoms with E-state index in [9.17, 15) is 4.79 Å². The Bertz CT molecular complexity index is 385. The van der Waals surface area contributed by atoms with Crippen LogP contribution in [0.4, 0.5) is 0 Å². The summed E-state index contributed by atoms with van der Waals surface area (Å²) in [6.45, 7) is 5.32. The smallest absolute Gasteiger partial charge is 0.225 e. The maximum Gasteiger partial charge on any atom is 0.225 e. The van der Waals surface area contributed by atoms with Crippen LogP contribution in [0.25, 0.3) is 0 Å². The Balaban J connectivity index is 1.83. The molecule has 1 amide bonds. The fourth-order valence-electron chi connectivity index (χ4n) is 3.33. The van der Waals surface area contributed by atoms with Crippen molar-refractivity contribution in [2.75, 3.05) is 33.3 Å². The van der Waals surface area contributed by atoms with Crippen LogP contribution in [0.2, 0.25) is 0 Å². The molecule has 1 heterocycles. The van der Waals surface area contributed by atoms with Gasteiger partial charge in [0.15, 0.2) is 0 Å². The molecule has 120 valence electrons. The molecule has 1 atom stereocenters. The van der Waals surface area contributed by atoms with Crippen LogP contribution in [-0.2, 0) is 9.53 Å². The Morgan fingerprint density at radius 2 is 1.95 bits per heavy atom. The van der Waals surface area contributed by atoms with Gasteiger partial charge in [0.25, 0.3) is 0 Å². The van der Waals surface area contributed by atoms with Crippen molar-refractivity contribution in [2.24, 2.45) is 5.73 Å². The summed E-state index contributed by atoms with van der Waals surface area (Å²) in [7, 11) is 1.72. The zero-order valence-corrected chi connectivity index (χ0v) is 14.0. The number of nitrogens with two attached hydrogens (primary N) is 1. The van der Waals surface area contributed by atoms with Crippen molar-refractivity contribution in [1.82, 2.24) is 9.80 Å². The summed E-state index contributed by atoms with van der Waals surface area (Å²) >= 11 is 5.13. The fourth-order valence-corrected chi connectivity index (χ4v) is 3.65. The number of hydrogen-bond acceptors (Lipinski definition) is 4. The highest BCUT2D eigenvalue weighted by molar-refractivity contribution is 7.80. The van der Waals surface area contributed by atoms with Crippen LogP contribution in [-0.4, -0.2) is 65.6 Å². The summed E-state index contributed by atoms with van der Waals surface area (Å²) < 4.78 is 5.55. The number of methoxy groups -OCH3 is 1. The molecule has 1 aliphatic carbocycles. The zero-order chi connectivity index (χ0) is 15.5. The van der Waals surface area contributed by atoms with E-state index in [2.05, 4.69) is 11.8 Å². The van der Waals surface area contributed by atoms with Gasteiger partial charge >= 0.3 is 0 Å². The minimum Gasteiger partial charge on any atom is -0.392 e. The Morgan fingerprint density at radius 1 is 1.33 bits per heavy atom. The minimum absolute atomic E-state index is 0.161. The van der Waals surface area contributed by atoms with E-state index in [1.807, 2.05) is 4.90 Å². The van der Waals surface area contributed by atoms with Gasteiger partial charge in [0.2, 0.25) is 5.91 Å². The number of piperazine rings is 1. The van der Waals surface area contributed by atoms with Crippen molar-refractivity contribution < 1.29 is 9.53 Å². The summed E-state index contributed by atoms with van der Waals surface area (Å²) in [4.78, 5) is 17.2. The van der Waals surface area contributed by atoms with Crippen LogP contribution < -0.4 is 5.73 Å². The van der Waals surface area contributed by atoms with Crippen molar-refractivity contribution in [3.8, 4) is 0 Å². The van der Waals surface area contributed by atoms with Crippen LogP contribution in [0, 0.1) is 0 Å². The number of carbonyl (C=O) groups excluding carboxylic acids is 1. The third-order valence-electron chi connectivity index (χ3n) is 4.99. The number of thiocarbonyl (C=S) groups is 1. The SMILES string of the molecule is CCC(C(N)=S)N1CCN(C(=O)CC2(OC)CCC2)CC1. The highest BCUT2D eigenvalue weighted by Crippen LogP contribution is 2.38. The van der Waals surface area contributed by atoms with Crippen LogP contribution in [0.1, 0.15) is 39.0 Å². The van der Waals surface area contributed by atoms with Crippen LogP contribution >= 0.6 is 12.2 Å². The van der Waals surface area contributed by atoms with Crippen molar-refractivity contribution in [3.05, 3.63) is 0 Å². The van der Waals surface area contributed by atoms with E-state index < -0.39 is 0 Å². The standard InChI is InChI=1S/C15H27N3O2S/c1-3-12(14(16)21)17-7-9-18(10-8-17)13(19)11-15(20-2)5-4-6-15/h12H,3-11H2,1-2H3,(H2,16,21). The van der Waals surface area contributed by atoms with E-state index in [4.69, 9.17) is 22.7 Å². The van der Waals surface area contributed by atoms with E-state index >= 15 is 0 Å². The molecule has 0 aromatic carbocycles. The van der Waals surface area contributed by atoms with Crippen molar-refractivity contribution in [3.63, 3.8) is 0 Å². The summed E-state index contributed by atoms with van der Waals surface area (Å²) in [5.74, 6) is 0.222. The number of carbonyl (C=O) groups is 1. The lowest BCUT2D eigenvalue weighted by Gasteiger charge is -2.43. The van der Waals surface area contributed by atoms with Gasteiger partial charge in [-0.05, 0) is 25.7 Å². The average molecular weight is 313 g/mol. The second-order valence-electron chi connectivity index (χ2n) is 6.16. The van der Waals surface area contributed by atoms with Crippen molar-refractivity contribution >= 4 is 23.1 Å². The minimum atomic E-state index is -0.182. The van der Waals surface area contributed by atoms with Gasteiger partial charge in [-0.25, -0.2) is 0 Å². The van der Waals surface area contributed by atoms with E-state index in [1.54, 1.807) is 7.11 Å². The van der Waals surface area contributed by atoms with Gasteiger partial charge in [-0.3, -0.25) is 9.69 Å². The lowest BCUT2D eigenvalue weighted by molar-refractivity contribution is -0.145.